The Morgan fingerprint density at radius 3 is 3.06 bits per heavy atom. The van der Waals surface area contributed by atoms with Crippen LogP contribution >= 0.6 is 11.6 Å². The SMILES string of the molecule is Cc1c(F)ccc(NCC2=NCCN2)c1Cl. The summed E-state index contributed by atoms with van der Waals surface area (Å²) in [5.74, 6) is 0.630. The van der Waals surface area contributed by atoms with E-state index in [-0.39, 0.29) is 5.82 Å². The minimum atomic E-state index is -0.285. The molecule has 1 aliphatic rings. The van der Waals surface area contributed by atoms with Crippen LogP contribution in [0, 0.1) is 12.7 Å². The summed E-state index contributed by atoms with van der Waals surface area (Å²) >= 11 is 6.02. The van der Waals surface area contributed by atoms with Gasteiger partial charge in [0.25, 0.3) is 0 Å². The molecule has 0 amide bonds. The van der Waals surface area contributed by atoms with Gasteiger partial charge in [0.05, 0.1) is 23.8 Å². The summed E-state index contributed by atoms with van der Waals surface area (Å²) in [6, 6.07) is 3.05. The summed E-state index contributed by atoms with van der Waals surface area (Å²) in [7, 11) is 0. The van der Waals surface area contributed by atoms with Crippen LogP contribution in [-0.2, 0) is 0 Å². The Hall–Kier alpha value is -1.29. The first-order chi connectivity index (χ1) is 7.68. The van der Waals surface area contributed by atoms with Crippen LogP contribution in [-0.4, -0.2) is 25.5 Å². The van der Waals surface area contributed by atoms with E-state index < -0.39 is 0 Å². The first-order valence-corrected chi connectivity index (χ1v) is 5.52. The van der Waals surface area contributed by atoms with E-state index in [0.29, 0.717) is 17.1 Å². The first kappa shape index (κ1) is 11.2. The molecular weight excluding hydrogens is 229 g/mol. The maximum Gasteiger partial charge on any atom is 0.127 e. The fraction of sp³-hybridized carbons (Fsp3) is 0.364. The third-order valence-corrected chi connectivity index (χ3v) is 3.00. The molecule has 16 heavy (non-hydrogen) atoms. The molecule has 0 radical (unpaired) electrons. The minimum Gasteiger partial charge on any atom is -0.377 e. The summed E-state index contributed by atoms with van der Waals surface area (Å²) in [4.78, 5) is 4.25. The van der Waals surface area contributed by atoms with Crippen LogP contribution in [0.2, 0.25) is 5.02 Å². The Bertz CT molecular complexity index is 431. The van der Waals surface area contributed by atoms with E-state index in [1.165, 1.54) is 6.07 Å². The molecule has 0 saturated heterocycles. The van der Waals surface area contributed by atoms with Crippen LogP contribution < -0.4 is 10.6 Å². The van der Waals surface area contributed by atoms with E-state index >= 15 is 0 Å². The number of nitrogens with zero attached hydrogens (tertiary/aromatic N) is 1. The smallest absolute Gasteiger partial charge is 0.127 e. The molecule has 2 N–H and O–H groups in total. The Balaban J connectivity index is 2.07. The van der Waals surface area contributed by atoms with Gasteiger partial charge >= 0.3 is 0 Å². The van der Waals surface area contributed by atoms with Gasteiger partial charge in [0.2, 0.25) is 0 Å². The van der Waals surface area contributed by atoms with Crippen LogP contribution in [0.1, 0.15) is 5.56 Å². The molecule has 0 bridgehead atoms. The molecule has 86 valence electrons. The predicted molar refractivity (Wildman–Crippen MR) is 64.9 cm³/mol. The normalized spacial score (nSPS) is 14.6. The number of rotatable bonds is 3. The van der Waals surface area contributed by atoms with Crippen LogP contribution in [0.15, 0.2) is 17.1 Å². The lowest BCUT2D eigenvalue weighted by molar-refractivity contribution is 0.619. The molecule has 0 aliphatic carbocycles. The number of hydrogen-bond acceptors (Lipinski definition) is 3. The molecule has 5 heteroatoms. The van der Waals surface area contributed by atoms with E-state index in [9.17, 15) is 4.39 Å². The lowest BCUT2D eigenvalue weighted by Crippen LogP contribution is -2.26. The van der Waals surface area contributed by atoms with Gasteiger partial charge in [-0.15, -0.1) is 0 Å². The Morgan fingerprint density at radius 1 is 1.56 bits per heavy atom. The second kappa shape index (κ2) is 4.70. The van der Waals surface area contributed by atoms with Crippen LogP contribution in [0.3, 0.4) is 0 Å². The molecule has 2 rings (SSSR count). The van der Waals surface area contributed by atoms with Gasteiger partial charge in [0, 0.05) is 12.1 Å². The van der Waals surface area contributed by atoms with Crippen LogP contribution in [0.5, 0.6) is 0 Å². The molecule has 1 heterocycles. The van der Waals surface area contributed by atoms with Crippen molar-refractivity contribution in [1.29, 1.82) is 0 Å². The summed E-state index contributed by atoms with van der Waals surface area (Å²) in [5, 5.41) is 6.70. The Labute approximate surface area is 98.7 Å². The summed E-state index contributed by atoms with van der Waals surface area (Å²) in [5.41, 5.74) is 1.20. The average Bonchev–Trinajstić information content (AvgIpc) is 2.78. The number of anilines is 1. The standard InChI is InChI=1S/C11H13ClFN3/c1-7-8(13)2-3-9(11(7)12)16-6-10-14-4-5-15-10/h2-3,16H,4-6H2,1H3,(H,14,15). The van der Waals surface area contributed by atoms with Crippen molar-refractivity contribution in [2.45, 2.75) is 6.92 Å². The largest absolute Gasteiger partial charge is 0.377 e. The highest BCUT2D eigenvalue weighted by molar-refractivity contribution is 6.34. The second-order valence-corrected chi connectivity index (χ2v) is 4.02. The zero-order valence-electron chi connectivity index (χ0n) is 8.98. The fourth-order valence-electron chi connectivity index (χ4n) is 1.54. The number of hydrogen-bond donors (Lipinski definition) is 2. The van der Waals surface area contributed by atoms with Crippen molar-refractivity contribution in [2.24, 2.45) is 4.99 Å². The number of nitrogens with one attached hydrogen (secondary N) is 2. The molecule has 3 nitrogen and oxygen atoms in total. The van der Waals surface area contributed by atoms with Crippen molar-refractivity contribution in [2.75, 3.05) is 25.0 Å². The van der Waals surface area contributed by atoms with Gasteiger partial charge in [-0.05, 0) is 19.1 Å². The lowest BCUT2D eigenvalue weighted by atomic mass is 10.2. The number of aliphatic imine (C=N–C) groups is 1. The van der Waals surface area contributed by atoms with Crippen LogP contribution in [0.25, 0.3) is 0 Å². The monoisotopic (exact) mass is 241 g/mol. The molecule has 0 saturated carbocycles. The highest BCUT2D eigenvalue weighted by atomic mass is 35.5. The molecule has 1 aromatic rings. The maximum atomic E-state index is 13.2. The predicted octanol–water partition coefficient (Wildman–Crippen LogP) is 2.20. The van der Waals surface area contributed by atoms with Crippen molar-refractivity contribution in [3.05, 3.63) is 28.5 Å². The van der Waals surface area contributed by atoms with E-state index in [0.717, 1.165) is 24.6 Å². The average molecular weight is 242 g/mol. The van der Waals surface area contributed by atoms with Gasteiger partial charge in [0.1, 0.15) is 11.7 Å². The van der Waals surface area contributed by atoms with Gasteiger partial charge in [0.15, 0.2) is 0 Å². The van der Waals surface area contributed by atoms with Crippen molar-refractivity contribution in [1.82, 2.24) is 5.32 Å². The zero-order chi connectivity index (χ0) is 11.5. The van der Waals surface area contributed by atoms with Crippen molar-refractivity contribution >= 4 is 23.1 Å². The quantitative estimate of drug-likeness (QED) is 0.851. The highest BCUT2D eigenvalue weighted by Gasteiger charge is 2.09. The number of benzene rings is 1. The molecule has 0 spiro atoms. The van der Waals surface area contributed by atoms with Crippen molar-refractivity contribution in [3.8, 4) is 0 Å². The van der Waals surface area contributed by atoms with Crippen molar-refractivity contribution in [3.63, 3.8) is 0 Å². The van der Waals surface area contributed by atoms with E-state index in [4.69, 9.17) is 11.6 Å². The van der Waals surface area contributed by atoms with E-state index in [1.807, 2.05) is 0 Å². The molecule has 0 unspecified atom stereocenters. The molecule has 0 atom stereocenters. The van der Waals surface area contributed by atoms with Gasteiger partial charge in [-0.2, -0.15) is 0 Å². The summed E-state index contributed by atoms with van der Waals surface area (Å²) < 4.78 is 13.2. The minimum absolute atomic E-state index is 0.285. The summed E-state index contributed by atoms with van der Waals surface area (Å²) in [6.07, 6.45) is 0. The zero-order valence-corrected chi connectivity index (χ0v) is 9.74. The Kier molecular flexibility index (Phi) is 3.29. The fourth-order valence-corrected chi connectivity index (χ4v) is 1.76. The van der Waals surface area contributed by atoms with Gasteiger partial charge in [-0.25, -0.2) is 4.39 Å². The third kappa shape index (κ3) is 2.27. The third-order valence-electron chi connectivity index (χ3n) is 2.51. The lowest BCUT2D eigenvalue weighted by Gasteiger charge is -2.10. The van der Waals surface area contributed by atoms with E-state index in [2.05, 4.69) is 15.6 Å². The Morgan fingerprint density at radius 2 is 2.38 bits per heavy atom. The molecule has 0 aromatic heterocycles. The van der Waals surface area contributed by atoms with E-state index in [1.54, 1.807) is 13.0 Å². The first-order valence-electron chi connectivity index (χ1n) is 5.14. The summed E-state index contributed by atoms with van der Waals surface area (Å²) in [6.45, 7) is 3.94. The second-order valence-electron chi connectivity index (χ2n) is 3.64. The molecule has 0 fully saturated rings. The van der Waals surface area contributed by atoms with Crippen molar-refractivity contribution < 1.29 is 4.39 Å². The van der Waals surface area contributed by atoms with Gasteiger partial charge in [-0.3, -0.25) is 4.99 Å². The van der Waals surface area contributed by atoms with Gasteiger partial charge < -0.3 is 10.6 Å². The van der Waals surface area contributed by atoms with Crippen LogP contribution in [0.4, 0.5) is 10.1 Å². The maximum absolute atomic E-state index is 13.2. The number of amidine groups is 1. The molecule has 1 aromatic carbocycles. The van der Waals surface area contributed by atoms with Gasteiger partial charge in [-0.1, -0.05) is 11.6 Å². The highest BCUT2D eigenvalue weighted by Crippen LogP contribution is 2.27. The molecular formula is C11H13ClFN3. The number of halogens is 2. The molecule has 1 aliphatic heterocycles. The topological polar surface area (TPSA) is 36.4 Å².